The van der Waals surface area contributed by atoms with Crippen LogP contribution in [0.15, 0.2) is 60.7 Å². The van der Waals surface area contributed by atoms with Crippen LogP contribution in [0.3, 0.4) is 0 Å². The lowest BCUT2D eigenvalue weighted by Crippen LogP contribution is -2.24. The molecule has 0 heterocycles. The lowest BCUT2D eigenvalue weighted by molar-refractivity contribution is 0.139. The Balaban J connectivity index is 0.00000208. The molecule has 24 heavy (non-hydrogen) atoms. The molecule has 128 valence electrons. The number of hydrogen-bond donors (Lipinski definition) is 1. The van der Waals surface area contributed by atoms with Gasteiger partial charge < -0.3 is 10.0 Å². The lowest BCUT2D eigenvalue weighted by atomic mass is 9.91. The van der Waals surface area contributed by atoms with E-state index in [0.717, 1.165) is 48.3 Å². The summed E-state index contributed by atoms with van der Waals surface area (Å²) in [4.78, 5) is 2.39. The van der Waals surface area contributed by atoms with Gasteiger partial charge >= 0.3 is 0 Å². The summed E-state index contributed by atoms with van der Waals surface area (Å²) in [6.07, 6.45) is 5.05. The van der Waals surface area contributed by atoms with Gasteiger partial charge in [0.1, 0.15) is 5.60 Å². The molecule has 1 N–H and O–H groups in total. The van der Waals surface area contributed by atoms with Gasteiger partial charge in [-0.15, -0.1) is 12.4 Å². The van der Waals surface area contributed by atoms with E-state index in [-0.39, 0.29) is 12.4 Å². The van der Waals surface area contributed by atoms with Crippen LogP contribution in [-0.2, 0) is 5.60 Å². The molecule has 0 saturated carbocycles. The van der Waals surface area contributed by atoms with Crippen LogP contribution < -0.4 is 0 Å². The van der Waals surface area contributed by atoms with E-state index in [1.807, 2.05) is 42.5 Å². The smallest absolute Gasteiger partial charge is 0.134 e. The van der Waals surface area contributed by atoms with E-state index in [4.69, 9.17) is 0 Å². The van der Waals surface area contributed by atoms with Crippen molar-refractivity contribution in [2.75, 3.05) is 19.6 Å². The van der Waals surface area contributed by atoms with Crippen LogP contribution in [0.1, 0.15) is 31.4 Å². The first kappa shape index (κ1) is 18.7. The Labute approximate surface area is 151 Å². The second-order valence-corrected chi connectivity index (χ2v) is 6.08. The topological polar surface area (TPSA) is 23.5 Å². The van der Waals surface area contributed by atoms with Crippen molar-refractivity contribution in [3.8, 4) is 11.1 Å². The van der Waals surface area contributed by atoms with Crippen molar-refractivity contribution in [2.45, 2.75) is 25.9 Å². The highest BCUT2D eigenvalue weighted by atomic mass is 35.5. The molecule has 2 aromatic carbocycles. The summed E-state index contributed by atoms with van der Waals surface area (Å²) in [5, 5.41) is 11.4. The van der Waals surface area contributed by atoms with Crippen molar-refractivity contribution < 1.29 is 5.11 Å². The standard InChI is InChI=1S/C21H25NO.ClH/c1-3-22(4-2)16-10-9-15-21(23)19-13-7-5-11-17(19)18-12-6-8-14-20(18)21;/h5-9,11-15,23H,3-4,10,16H2,1-2H3;1H/b15-9+;. The fourth-order valence-corrected chi connectivity index (χ4v) is 3.48. The molecule has 0 unspecified atom stereocenters. The summed E-state index contributed by atoms with van der Waals surface area (Å²) in [5.41, 5.74) is 3.25. The molecule has 1 aliphatic rings. The van der Waals surface area contributed by atoms with Gasteiger partial charge in [-0.2, -0.15) is 0 Å². The number of rotatable bonds is 6. The first-order valence-electron chi connectivity index (χ1n) is 8.52. The molecule has 0 amide bonds. The van der Waals surface area contributed by atoms with Gasteiger partial charge in [0, 0.05) is 6.54 Å². The van der Waals surface area contributed by atoms with E-state index in [9.17, 15) is 5.11 Å². The van der Waals surface area contributed by atoms with E-state index >= 15 is 0 Å². The highest BCUT2D eigenvalue weighted by Gasteiger charge is 2.38. The monoisotopic (exact) mass is 343 g/mol. The summed E-state index contributed by atoms with van der Waals surface area (Å²) in [7, 11) is 0. The van der Waals surface area contributed by atoms with Crippen LogP contribution >= 0.6 is 12.4 Å². The number of benzene rings is 2. The molecule has 0 bridgehead atoms. The maximum absolute atomic E-state index is 11.4. The number of fused-ring (bicyclic) bond motifs is 3. The zero-order valence-corrected chi connectivity index (χ0v) is 15.2. The molecular formula is C21H26ClNO. The van der Waals surface area contributed by atoms with Crippen LogP contribution in [0, 0.1) is 0 Å². The van der Waals surface area contributed by atoms with Crippen LogP contribution in [-0.4, -0.2) is 29.6 Å². The Morgan fingerprint density at radius 2 is 1.42 bits per heavy atom. The van der Waals surface area contributed by atoms with E-state index in [1.54, 1.807) is 0 Å². The predicted octanol–water partition coefficient (Wildman–Crippen LogP) is 4.61. The largest absolute Gasteiger partial charge is 0.377 e. The van der Waals surface area contributed by atoms with E-state index in [2.05, 4.69) is 37.0 Å². The predicted molar refractivity (Wildman–Crippen MR) is 104 cm³/mol. The second kappa shape index (κ2) is 7.98. The van der Waals surface area contributed by atoms with Gasteiger partial charge in [-0.1, -0.05) is 68.5 Å². The zero-order chi connectivity index (χ0) is 16.3. The number of hydrogen-bond acceptors (Lipinski definition) is 2. The number of nitrogens with zero attached hydrogens (tertiary/aromatic N) is 1. The maximum atomic E-state index is 11.4. The van der Waals surface area contributed by atoms with Crippen molar-refractivity contribution in [1.29, 1.82) is 0 Å². The minimum absolute atomic E-state index is 0. The van der Waals surface area contributed by atoms with Gasteiger partial charge in [-0.25, -0.2) is 0 Å². The lowest BCUT2D eigenvalue weighted by Gasteiger charge is -2.22. The quantitative estimate of drug-likeness (QED) is 0.774. The fraction of sp³-hybridized carbons (Fsp3) is 0.333. The van der Waals surface area contributed by atoms with Crippen molar-refractivity contribution in [2.24, 2.45) is 0 Å². The fourth-order valence-electron chi connectivity index (χ4n) is 3.48. The van der Waals surface area contributed by atoms with Gasteiger partial charge in [-0.05, 0) is 47.8 Å². The summed E-state index contributed by atoms with van der Waals surface area (Å²) in [6.45, 7) is 7.54. The van der Waals surface area contributed by atoms with Crippen LogP contribution in [0.4, 0.5) is 0 Å². The second-order valence-electron chi connectivity index (χ2n) is 6.08. The van der Waals surface area contributed by atoms with Gasteiger partial charge in [0.25, 0.3) is 0 Å². The Morgan fingerprint density at radius 3 is 1.92 bits per heavy atom. The molecule has 0 aromatic heterocycles. The third kappa shape index (κ3) is 3.27. The SMILES string of the molecule is CCN(CC)CC/C=C/C1(O)c2ccccc2-c2ccccc21.Cl. The van der Waals surface area contributed by atoms with Crippen molar-refractivity contribution in [1.82, 2.24) is 4.90 Å². The third-order valence-electron chi connectivity index (χ3n) is 4.83. The molecule has 0 saturated heterocycles. The molecule has 0 radical (unpaired) electrons. The van der Waals surface area contributed by atoms with Crippen molar-refractivity contribution >= 4 is 12.4 Å². The van der Waals surface area contributed by atoms with Crippen LogP contribution in [0.5, 0.6) is 0 Å². The molecule has 3 heteroatoms. The van der Waals surface area contributed by atoms with Crippen molar-refractivity contribution in [3.63, 3.8) is 0 Å². The number of aliphatic hydroxyl groups is 1. The average molecular weight is 344 g/mol. The van der Waals surface area contributed by atoms with Gasteiger partial charge in [-0.3, -0.25) is 0 Å². The average Bonchev–Trinajstić information content (AvgIpc) is 2.86. The minimum atomic E-state index is -1.00. The Bertz CT molecular complexity index is 661. The molecule has 2 aromatic rings. The van der Waals surface area contributed by atoms with Gasteiger partial charge in [0.15, 0.2) is 0 Å². The summed E-state index contributed by atoms with van der Waals surface area (Å²) in [5.74, 6) is 0. The Morgan fingerprint density at radius 1 is 0.917 bits per heavy atom. The molecule has 0 fully saturated rings. The van der Waals surface area contributed by atoms with Crippen LogP contribution in [0.25, 0.3) is 11.1 Å². The first-order valence-corrected chi connectivity index (χ1v) is 8.52. The Kier molecular flexibility index (Phi) is 6.22. The third-order valence-corrected chi connectivity index (χ3v) is 4.83. The Hall–Kier alpha value is -1.61. The maximum Gasteiger partial charge on any atom is 0.134 e. The summed E-state index contributed by atoms with van der Waals surface area (Å²) < 4.78 is 0. The number of halogens is 1. The van der Waals surface area contributed by atoms with Crippen molar-refractivity contribution in [3.05, 3.63) is 71.8 Å². The molecular weight excluding hydrogens is 318 g/mol. The first-order chi connectivity index (χ1) is 11.2. The zero-order valence-electron chi connectivity index (χ0n) is 14.4. The normalized spacial score (nSPS) is 14.5. The van der Waals surface area contributed by atoms with E-state index < -0.39 is 5.60 Å². The van der Waals surface area contributed by atoms with Crippen LogP contribution in [0.2, 0.25) is 0 Å². The highest BCUT2D eigenvalue weighted by molar-refractivity contribution is 5.85. The van der Waals surface area contributed by atoms with Gasteiger partial charge in [0.05, 0.1) is 0 Å². The molecule has 2 nitrogen and oxygen atoms in total. The molecule has 0 spiro atoms. The van der Waals surface area contributed by atoms with Gasteiger partial charge in [0.2, 0.25) is 0 Å². The summed E-state index contributed by atoms with van der Waals surface area (Å²) >= 11 is 0. The molecule has 0 aliphatic heterocycles. The molecule has 3 rings (SSSR count). The minimum Gasteiger partial charge on any atom is -0.377 e. The summed E-state index contributed by atoms with van der Waals surface area (Å²) in [6, 6.07) is 16.3. The highest BCUT2D eigenvalue weighted by Crippen LogP contribution is 2.47. The van der Waals surface area contributed by atoms with E-state index in [1.165, 1.54) is 0 Å². The molecule has 0 atom stereocenters. The molecule has 1 aliphatic carbocycles. The van der Waals surface area contributed by atoms with E-state index in [0.29, 0.717) is 0 Å².